The van der Waals surface area contributed by atoms with Crippen LogP contribution in [0.3, 0.4) is 0 Å². The third kappa shape index (κ3) is 2.08. The number of fused-ring (bicyclic) bond motifs is 1. The molecule has 0 saturated carbocycles. The molecule has 4 atom stereocenters. The summed E-state index contributed by atoms with van der Waals surface area (Å²) < 4.78 is 6.95. The third-order valence-corrected chi connectivity index (χ3v) is 3.58. The number of aliphatic hydroxyl groups is 2. The van der Waals surface area contributed by atoms with Gasteiger partial charge in [-0.25, -0.2) is 15.0 Å². The number of imidazole rings is 1. The van der Waals surface area contributed by atoms with E-state index in [0.29, 0.717) is 11.2 Å². The molecule has 0 aromatic carbocycles. The average Bonchev–Trinajstić information content (AvgIpc) is 3.02. The zero-order valence-corrected chi connectivity index (χ0v) is 12.0. The smallest absolute Gasteiger partial charge is 0.254 e. The molecule has 1 aliphatic heterocycles. The van der Waals surface area contributed by atoms with Crippen LogP contribution in [0.25, 0.3) is 11.2 Å². The maximum Gasteiger partial charge on any atom is 0.254 e. The summed E-state index contributed by atoms with van der Waals surface area (Å²) in [6.45, 7) is 0. The number of nitrogen functional groups attached to an aromatic ring is 1. The highest BCUT2D eigenvalue weighted by molar-refractivity contribution is 5.82. The van der Waals surface area contributed by atoms with Gasteiger partial charge in [0.1, 0.15) is 24.1 Å². The average molecular weight is 308 g/mol. The maximum absolute atomic E-state index is 12.0. The normalized spacial score (nSPS) is 28.2. The maximum atomic E-state index is 12.0. The molecule has 1 fully saturated rings. The van der Waals surface area contributed by atoms with Gasteiger partial charge in [-0.1, -0.05) is 0 Å². The third-order valence-electron chi connectivity index (χ3n) is 3.58. The van der Waals surface area contributed by atoms with Crippen LogP contribution in [-0.4, -0.2) is 72.9 Å². The zero-order valence-electron chi connectivity index (χ0n) is 12.0. The van der Waals surface area contributed by atoms with Gasteiger partial charge in [-0.15, -0.1) is 0 Å². The molecule has 2 aromatic heterocycles. The van der Waals surface area contributed by atoms with Crippen LogP contribution in [0.2, 0.25) is 0 Å². The Morgan fingerprint density at radius 2 is 2.05 bits per heavy atom. The number of aromatic nitrogens is 4. The van der Waals surface area contributed by atoms with Gasteiger partial charge in [0.25, 0.3) is 5.91 Å². The van der Waals surface area contributed by atoms with Crippen LogP contribution in [-0.2, 0) is 9.53 Å². The predicted octanol–water partition coefficient (Wildman–Crippen LogP) is -1.88. The van der Waals surface area contributed by atoms with Crippen LogP contribution in [0.15, 0.2) is 12.7 Å². The molecule has 10 nitrogen and oxygen atoms in total. The van der Waals surface area contributed by atoms with Gasteiger partial charge in [-0.05, 0) is 0 Å². The van der Waals surface area contributed by atoms with Crippen molar-refractivity contribution in [1.82, 2.24) is 24.4 Å². The van der Waals surface area contributed by atoms with E-state index in [-0.39, 0.29) is 5.82 Å². The van der Waals surface area contributed by atoms with Crippen LogP contribution in [0.5, 0.6) is 0 Å². The second kappa shape index (κ2) is 5.16. The molecule has 22 heavy (non-hydrogen) atoms. The fraction of sp³-hybridized carbons (Fsp3) is 0.500. The van der Waals surface area contributed by atoms with Gasteiger partial charge >= 0.3 is 0 Å². The van der Waals surface area contributed by atoms with Crippen molar-refractivity contribution in [2.45, 2.75) is 24.5 Å². The van der Waals surface area contributed by atoms with Gasteiger partial charge in [-0.2, -0.15) is 0 Å². The summed E-state index contributed by atoms with van der Waals surface area (Å²) in [5, 5.41) is 20.2. The highest BCUT2D eigenvalue weighted by atomic mass is 16.6. The van der Waals surface area contributed by atoms with E-state index in [1.807, 2.05) is 0 Å². The monoisotopic (exact) mass is 308 g/mol. The van der Waals surface area contributed by atoms with E-state index in [1.54, 1.807) is 14.1 Å². The first kappa shape index (κ1) is 14.6. The van der Waals surface area contributed by atoms with Crippen LogP contribution in [0.1, 0.15) is 6.23 Å². The lowest BCUT2D eigenvalue weighted by atomic mass is 10.1. The van der Waals surface area contributed by atoms with E-state index >= 15 is 0 Å². The highest BCUT2D eigenvalue weighted by Gasteiger charge is 2.48. The molecule has 1 aliphatic rings. The Bertz CT molecular complexity index is 717. The quantitative estimate of drug-likeness (QED) is 0.585. The van der Waals surface area contributed by atoms with Crippen LogP contribution < -0.4 is 5.73 Å². The van der Waals surface area contributed by atoms with Crippen LogP contribution >= 0.6 is 0 Å². The van der Waals surface area contributed by atoms with Crippen molar-refractivity contribution in [2.24, 2.45) is 0 Å². The molecule has 3 rings (SSSR count). The summed E-state index contributed by atoms with van der Waals surface area (Å²) in [7, 11) is 3.08. The molecule has 4 N–H and O–H groups in total. The van der Waals surface area contributed by atoms with Gasteiger partial charge in [0.2, 0.25) is 0 Å². The molecule has 1 amide bonds. The second-order valence-electron chi connectivity index (χ2n) is 5.24. The molecule has 118 valence electrons. The summed E-state index contributed by atoms with van der Waals surface area (Å²) in [6, 6.07) is 0. The minimum Gasteiger partial charge on any atom is -0.387 e. The summed E-state index contributed by atoms with van der Waals surface area (Å²) in [5.74, 6) is -0.245. The Morgan fingerprint density at radius 1 is 1.32 bits per heavy atom. The molecule has 0 spiro atoms. The number of nitrogens with two attached hydrogens (primary N) is 1. The van der Waals surface area contributed by atoms with Gasteiger partial charge in [0.05, 0.1) is 6.33 Å². The molecule has 0 radical (unpaired) electrons. The number of ether oxygens (including phenoxy) is 1. The largest absolute Gasteiger partial charge is 0.387 e. The highest BCUT2D eigenvalue weighted by Crippen LogP contribution is 2.32. The number of nitrogens with zero attached hydrogens (tertiary/aromatic N) is 5. The van der Waals surface area contributed by atoms with Crippen molar-refractivity contribution >= 4 is 22.9 Å². The number of carbonyl (C=O) groups excluding carboxylic acids is 1. The Hall–Kier alpha value is -2.30. The van der Waals surface area contributed by atoms with E-state index in [4.69, 9.17) is 10.5 Å². The standard InChI is InChI=1S/C12H16N6O4/c1-17(2)11(21)8-6(19)7(20)12(22-8)18-4-16-5-9(13)14-3-15-10(5)18/h3-4,6-8,12,19-20H,1-2H3,(H2,13,14,15)/t6-,7+,8-,12+/m0/s1. The van der Waals surface area contributed by atoms with E-state index in [1.165, 1.54) is 22.1 Å². The molecule has 0 bridgehead atoms. The van der Waals surface area contributed by atoms with Crippen LogP contribution in [0, 0.1) is 0 Å². The molecule has 0 aliphatic carbocycles. The molecular weight excluding hydrogens is 292 g/mol. The van der Waals surface area contributed by atoms with E-state index in [0.717, 1.165) is 0 Å². The SMILES string of the molecule is CN(C)C(=O)[C@H]1O[C@@H](n2cnc3c(N)ncnc32)[C@H](O)[C@@H]1O. The Kier molecular flexibility index (Phi) is 3.43. The Labute approximate surface area is 125 Å². The number of hydrogen-bond acceptors (Lipinski definition) is 8. The lowest BCUT2D eigenvalue weighted by Crippen LogP contribution is -2.42. The Morgan fingerprint density at radius 3 is 2.73 bits per heavy atom. The van der Waals surface area contributed by atoms with E-state index < -0.39 is 30.4 Å². The number of anilines is 1. The fourth-order valence-corrected chi connectivity index (χ4v) is 2.40. The number of amides is 1. The van der Waals surface area contributed by atoms with Crippen LogP contribution in [0.4, 0.5) is 5.82 Å². The Balaban J connectivity index is 1.98. The van der Waals surface area contributed by atoms with Gasteiger partial charge in [-0.3, -0.25) is 9.36 Å². The van der Waals surface area contributed by atoms with Crippen molar-refractivity contribution in [3.8, 4) is 0 Å². The molecule has 10 heteroatoms. The fourth-order valence-electron chi connectivity index (χ4n) is 2.40. The number of carbonyl (C=O) groups is 1. The molecule has 0 unspecified atom stereocenters. The van der Waals surface area contributed by atoms with Gasteiger partial charge < -0.3 is 25.6 Å². The number of rotatable bonds is 2. The lowest BCUT2D eigenvalue weighted by Gasteiger charge is -2.18. The number of aliphatic hydroxyl groups excluding tert-OH is 2. The minimum absolute atomic E-state index is 0.192. The van der Waals surface area contributed by atoms with Crippen molar-refractivity contribution in [1.29, 1.82) is 0 Å². The summed E-state index contributed by atoms with van der Waals surface area (Å²) in [5.41, 5.74) is 6.41. The first-order valence-electron chi connectivity index (χ1n) is 6.57. The van der Waals surface area contributed by atoms with Crippen molar-refractivity contribution in [3.63, 3.8) is 0 Å². The molecule has 2 aromatic rings. The lowest BCUT2D eigenvalue weighted by molar-refractivity contribution is -0.145. The second-order valence-corrected chi connectivity index (χ2v) is 5.24. The number of hydrogen-bond donors (Lipinski definition) is 3. The summed E-state index contributed by atoms with van der Waals surface area (Å²) in [6.07, 6.45) is -2.18. The number of likely N-dealkylation sites (N-methyl/N-ethyl adjacent to an activating group) is 1. The van der Waals surface area contributed by atoms with E-state index in [9.17, 15) is 15.0 Å². The topological polar surface area (TPSA) is 140 Å². The van der Waals surface area contributed by atoms with E-state index in [2.05, 4.69) is 15.0 Å². The van der Waals surface area contributed by atoms with Crippen molar-refractivity contribution < 1.29 is 19.7 Å². The molecule has 1 saturated heterocycles. The first-order chi connectivity index (χ1) is 10.4. The van der Waals surface area contributed by atoms with Crippen molar-refractivity contribution in [3.05, 3.63) is 12.7 Å². The van der Waals surface area contributed by atoms with Gasteiger partial charge in [0, 0.05) is 14.1 Å². The van der Waals surface area contributed by atoms with Gasteiger partial charge in [0.15, 0.2) is 23.8 Å². The zero-order chi connectivity index (χ0) is 16.0. The molecular formula is C12H16N6O4. The minimum atomic E-state index is -1.35. The summed E-state index contributed by atoms with van der Waals surface area (Å²) >= 11 is 0. The first-order valence-corrected chi connectivity index (χ1v) is 6.57. The predicted molar refractivity (Wildman–Crippen MR) is 74.4 cm³/mol. The summed E-state index contributed by atoms with van der Waals surface area (Å²) in [4.78, 5) is 25.2. The molecule has 3 heterocycles. The van der Waals surface area contributed by atoms with Crippen molar-refractivity contribution in [2.75, 3.05) is 19.8 Å².